The first kappa shape index (κ1) is 8.49. The van der Waals surface area contributed by atoms with Gasteiger partial charge in [-0.3, -0.25) is 4.98 Å². The second-order valence-corrected chi connectivity index (χ2v) is 3.42. The van der Waals surface area contributed by atoms with Crippen LogP contribution in [0.4, 0.5) is 0 Å². The van der Waals surface area contributed by atoms with Crippen LogP contribution in [-0.2, 0) is 4.74 Å². The van der Waals surface area contributed by atoms with Crippen molar-refractivity contribution in [3.05, 3.63) is 29.8 Å². The van der Waals surface area contributed by atoms with Crippen molar-refractivity contribution in [2.75, 3.05) is 6.61 Å². The highest BCUT2D eigenvalue weighted by molar-refractivity contribution is 5.36. The van der Waals surface area contributed by atoms with E-state index in [0.29, 0.717) is 0 Å². The van der Waals surface area contributed by atoms with Crippen LogP contribution in [0.15, 0.2) is 18.5 Å². The first-order chi connectivity index (χ1) is 7.34. The molecule has 1 unspecified atom stereocenters. The summed E-state index contributed by atoms with van der Waals surface area (Å²) in [6.45, 7) is 2.71. The molecule has 3 rings (SSSR count). The van der Waals surface area contributed by atoms with Gasteiger partial charge < -0.3 is 4.74 Å². The fourth-order valence-electron chi connectivity index (χ4n) is 1.49. The minimum absolute atomic E-state index is 0.187. The van der Waals surface area contributed by atoms with Crippen molar-refractivity contribution in [1.82, 2.24) is 25.2 Å². The number of aromatic nitrogens is 5. The predicted molar refractivity (Wildman–Crippen MR) is 50.4 cm³/mol. The standard InChI is InChI=1S/C9H9N5O/c1-6-8(14-5-10-12-13-14)3-2-7(11-6)9-4-15-9/h2-3,5,9H,4H2,1H3. The number of pyridine rings is 1. The Bertz CT molecular complexity index is 477. The van der Waals surface area contributed by atoms with Crippen LogP contribution in [0, 0.1) is 6.92 Å². The molecule has 0 amide bonds. The molecule has 2 aromatic heterocycles. The minimum Gasteiger partial charge on any atom is -0.366 e. The number of hydrogen-bond acceptors (Lipinski definition) is 5. The molecule has 0 aromatic carbocycles. The molecule has 1 aliphatic rings. The predicted octanol–water partition coefficient (Wildman–Crippen LogP) is 0.437. The highest BCUT2D eigenvalue weighted by atomic mass is 16.6. The van der Waals surface area contributed by atoms with Gasteiger partial charge in [0, 0.05) is 0 Å². The molecule has 0 bridgehead atoms. The maximum Gasteiger partial charge on any atom is 0.143 e. The molecule has 1 saturated heterocycles. The van der Waals surface area contributed by atoms with Crippen molar-refractivity contribution >= 4 is 0 Å². The molecule has 6 nitrogen and oxygen atoms in total. The van der Waals surface area contributed by atoms with Gasteiger partial charge in [0.2, 0.25) is 0 Å². The summed E-state index contributed by atoms with van der Waals surface area (Å²) in [4.78, 5) is 4.45. The number of tetrazole rings is 1. The van der Waals surface area contributed by atoms with Crippen molar-refractivity contribution < 1.29 is 4.74 Å². The maximum absolute atomic E-state index is 5.17. The first-order valence-corrected chi connectivity index (χ1v) is 4.67. The Hall–Kier alpha value is -1.82. The van der Waals surface area contributed by atoms with E-state index in [1.54, 1.807) is 11.0 Å². The Labute approximate surface area is 85.9 Å². The van der Waals surface area contributed by atoms with Crippen LogP contribution in [0.25, 0.3) is 5.69 Å². The van der Waals surface area contributed by atoms with Crippen LogP contribution >= 0.6 is 0 Å². The van der Waals surface area contributed by atoms with Crippen LogP contribution in [-0.4, -0.2) is 31.8 Å². The Morgan fingerprint density at radius 1 is 1.47 bits per heavy atom. The Kier molecular flexibility index (Phi) is 1.75. The Morgan fingerprint density at radius 2 is 2.33 bits per heavy atom. The zero-order valence-corrected chi connectivity index (χ0v) is 8.16. The van der Waals surface area contributed by atoms with E-state index in [9.17, 15) is 0 Å². The topological polar surface area (TPSA) is 69.0 Å². The van der Waals surface area contributed by atoms with Crippen LogP contribution in [0.3, 0.4) is 0 Å². The summed E-state index contributed by atoms with van der Waals surface area (Å²) >= 11 is 0. The fraction of sp³-hybridized carbons (Fsp3) is 0.333. The molecule has 1 atom stereocenters. The number of aryl methyl sites for hydroxylation is 1. The lowest BCUT2D eigenvalue weighted by Gasteiger charge is -2.04. The monoisotopic (exact) mass is 203 g/mol. The molecule has 3 heterocycles. The van der Waals surface area contributed by atoms with Gasteiger partial charge in [0.1, 0.15) is 12.4 Å². The molecule has 0 aliphatic carbocycles. The van der Waals surface area contributed by atoms with Gasteiger partial charge in [-0.15, -0.1) is 5.10 Å². The van der Waals surface area contributed by atoms with E-state index >= 15 is 0 Å². The summed E-state index contributed by atoms with van der Waals surface area (Å²) in [7, 11) is 0. The third kappa shape index (κ3) is 1.48. The molecule has 0 saturated carbocycles. The summed E-state index contributed by atoms with van der Waals surface area (Å²) in [5, 5.41) is 11.0. The lowest BCUT2D eigenvalue weighted by molar-refractivity contribution is 0.411. The third-order valence-corrected chi connectivity index (χ3v) is 2.34. The zero-order valence-electron chi connectivity index (χ0n) is 8.16. The number of rotatable bonds is 2. The average molecular weight is 203 g/mol. The van der Waals surface area contributed by atoms with Gasteiger partial charge in [0.15, 0.2) is 0 Å². The van der Waals surface area contributed by atoms with Crippen molar-refractivity contribution in [2.24, 2.45) is 0 Å². The number of hydrogen-bond donors (Lipinski definition) is 0. The second-order valence-electron chi connectivity index (χ2n) is 3.42. The van der Waals surface area contributed by atoms with Gasteiger partial charge in [-0.05, 0) is 29.5 Å². The van der Waals surface area contributed by atoms with Gasteiger partial charge in [0.25, 0.3) is 0 Å². The van der Waals surface area contributed by atoms with E-state index < -0.39 is 0 Å². The molecular weight excluding hydrogens is 194 g/mol. The Balaban J connectivity index is 2.02. The van der Waals surface area contributed by atoms with Crippen molar-refractivity contribution in [3.63, 3.8) is 0 Å². The number of nitrogens with zero attached hydrogens (tertiary/aromatic N) is 5. The van der Waals surface area contributed by atoms with Gasteiger partial charge in [0.05, 0.1) is 23.7 Å². The molecule has 2 aromatic rings. The summed E-state index contributed by atoms with van der Waals surface area (Å²) < 4.78 is 6.77. The smallest absolute Gasteiger partial charge is 0.143 e. The van der Waals surface area contributed by atoms with Gasteiger partial charge in [-0.2, -0.15) is 4.68 Å². The second kappa shape index (κ2) is 3.09. The van der Waals surface area contributed by atoms with E-state index in [0.717, 1.165) is 23.7 Å². The minimum atomic E-state index is 0.187. The Morgan fingerprint density at radius 3 is 2.93 bits per heavy atom. The molecule has 0 spiro atoms. The molecule has 15 heavy (non-hydrogen) atoms. The zero-order chi connectivity index (χ0) is 10.3. The largest absolute Gasteiger partial charge is 0.366 e. The summed E-state index contributed by atoms with van der Waals surface area (Å²) in [5.74, 6) is 0. The van der Waals surface area contributed by atoms with Gasteiger partial charge in [-0.1, -0.05) is 0 Å². The summed E-state index contributed by atoms with van der Waals surface area (Å²) in [5.41, 5.74) is 2.77. The highest BCUT2D eigenvalue weighted by Gasteiger charge is 2.26. The number of epoxide rings is 1. The van der Waals surface area contributed by atoms with E-state index in [1.807, 2.05) is 19.1 Å². The lowest BCUT2D eigenvalue weighted by Crippen LogP contribution is -2.01. The van der Waals surface area contributed by atoms with Crippen molar-refractivity contribution in [3.8, 4) is 5.69 Å². The fourth-order valence-corrected chi connectivity index (χ4v) is 1.49. The molecule has 1 fully saturated rings. The lowest BCUT2D eigenvalue weighted by atomic mass is 10.2. The van der Waals surface area contributed by atoms with Gasteiger partial charge >= 0.3 is 0 Å². The molecule has 1 aliphatic heterocycles. The van der Waals surface area contributed by atoms with E-state index in [1.165, 1.54) is 0 Å². The van der Waals surface area contributed by atoms with Crippen LogP contribution in [0.5, 0.6) is 0 Å². The SMILES string of the molecule is Cc1nc(C2CO2)ccc1-n1cnnn1. The summed E-state index contributed by atoms with van der Waals surface area (Å²) in [6, 6.07) is 3.90. The van der Waals surface area contributed by atoms with E-state index in [4.69, 9.17) is 4.74 Å². The third-order valence-electron chi connectivity index (χ3n) is 2.34. The normalized spacial score (nSPS) is 19.1. The van der Waals surface area contributed by atoms with Crippen molar-refractivity contribution in [1.29, 1.82) is 0 Å². The van der Waals surface area contributed by atoms with Crippen LogP contribution in [0.2, 0.25) is 0 Å². The van der Waals surface area contributed by atoms with E-state index in [2.05, 4.69) is 20.5 Å². The molecule has 6 heteroatoms. The van der Waals surface area contributed by atoms with Crippen LogP contribution in [0.1, 0.15) is 17.5 Å². The molecule has 0 radical (unpaired) electrons. The highest BCUT2D eigenvalue weighted by Crippen LogP contribution is 2.28. The quantitative estimate of drug-likeness (QED) is 0.662. The first-order valence-electron chi connectivity index (χ1n) is 4.67. The average Bonchev–Trinajstić information content (AvgIpc) is 2.95. The van der Waals surface area contributed by atoms with Crippen molar-refractivity contribution in [2.45, 2.75) is 13.0 Å². The maximum atomic E-state index is 5.17. The summed E-state index contributed by atoms with van der Waals surface area (Å²) in [6.07, 6.45) is 1.74. The number of ether oxygens (including phenoxy) is 1. The van der Waals surface area contributed by atoms with Gasteiger partial charge in [-0.25, -0.2) is 0 Å². The van der Waals surface area contributed by atoms with Crippen LogP contribution < -0.4 is 0 Å². The van der Waals surface area contributed by atoms with E-state index in [-0.39, 0.29) is 6.10 Å². The molecule has 0 N–H and O–H groups in total. The molecule has 76 valence electrons. The molecular formula is C9H9N5O.